The number of hydrogen-bond acceptors (Lipinski definition) is 1. The lowest BCUT2D eigenvalue weighted by molar-refractivity contribution is 0.605. The molecule has 3 heteroatoms. The van der Waals surface area contributed by atoms with Crippen molar-refractivity contribution < 1.29 is 4.39 Å². The summed E-state index contributed by atoms with van der Waals surface area (Å²) in [6, 6.07) is 7.68. The molecule has 0 aliphatic rings. The zero-order valence-electron chi connectivity index (χ0n) is 10.1. The predicted octanol–water partition coefficient (Wildman–Crippen LogP) is 5.30. The predicted molar refractivity (Wildman–Crippen MR) is 75.7 cm³/mol. The van der Waals surface area contributed by atoms with Gasteiger partial charge in [-0.1, -0.05) is 34.1 Å². The fourth-order valence-electron chi connectivity index (χ4n) is 1.92. The molecule has 1 aromatic heterocycles. The zero-order chi connectivity index (χ0) is 12.6. The normalized spacial score (nSPS) is 12.8. The molecule has 1 unspecified atom stereocenters. The van der Waals surface area contributed by atoms with Crippen LogP contribution in [0.15, 0.2) is 24.3 Å². The van der Waals surface area contributed by atoms with Crippen molar-refractivity contribution in [2.45, 2.75) is 25.6 Å². The summed E-state index contributed by atoms with van der Waals surface area (Å²) >= 11 is 5.33. The van der Waals surface area contributed by atoms with E-state index in [-0.39, 0.29) is 10.6 Å². The first-order valence-electron chi connectivity index (χ1n) is 5.46. The van der Waals surface area contributed by atoms with Crippen LogP contribution in [-0.4, -0.2) is 0 Å². The van der Waals surface area contributed by atoms with Crippen LogP contribution >= 0.6 is 27.3 Å². The van der Waals surface area contributed by atoms with Gasteiger partial charge in [-0.15, -0.1) is 11.3 Å². The Balaban J connectivity index is 2.47. The van der Waals surface area contributed by atoms with E-state index >= 15 is 0 Å². The Bertz CT molecular complexity index is 545. The molecule has 0 fully saturated rings. The van der Waals surface area contributed by atoms with Crippen molar-refractivity contribution in [2.75, 3.05) is 0 Å². The van der Waals surface area contributed by atoms with Crippen LogP contribution in [0.3, 0.4) is 0 Å². The fourth-order valence-corrected chi connectivity index (χ4v) is 3.95. The Morgan fingerprint density at radius 2 is 1.88 bits per heavy atom. The molecule has 17 heavy (non-hydrogen) atoms. The van der Waals surface area contributed by atoms with Crippen LogP contribution in [0.1, 0.15) is 31.3 Å². The lowest BCUT2D eigenvalue weighted by atomic mass is 10.1. The Morgan fingerprint density at radius 1 is 1.18 bits per heavy atom. The summed E-state index contributed by atoms with van der Waals surface area (Å²) in [5.41, 5.74) is 2.63. The molecule has 0 saturated heterocycles. The smallest absolute Gasteiger partial charge is 0.130 e. The molecule has 0 radical (unpaired) electrons. The van der Waals surface area contributed by atoms with Crippen molar-refractivity contribution in [3.8, 4) is 0 Å². The number of thiophene rings is 1. The maximum atomic E-state index is 14.1. The molecule has 1 heterocycles. The summed E-state index contributed by atoms with van der Waals surface area (Å²) in [7, 11) is 0. The van der Waals surface area contributed by atoms with Crippen molar-refractivity contribution in [1.29, 1.82) is 0 Å². The molecular weight excluding hydrogens is 299 g/mol. The SMILES string of the molecule is Cc1cc(C)c(C(Br)c2cccc(C)c2F)s1. The molecule has 1 atom stereocenters. The van der Waals surface area contributed by atoms with Gasteiger partial charge in [-0.25, -0.2) is 4.39 Å². The molecule has 2 rings (SSSR count). The van der Waals surface area contributed by atoms with E-state index in [1.807, 2.05) is 12.1 Å². The number of aryl methyl sites for hydroxylation is 3. The van der Waals surface area contributed by atoms with Crippen LogP contribution in [0.25, 0.3) is 0 Å². The first-order chi connectivity index (χ1) is 8.00. The average Bonchev–Trinajstić information content (AvgIpc) is 2.61. The number of rotatable bonds is 2. The van der Waals surface area contributed by atoms with Crippen molar-refractivity contribution >= 4 is 27.3 Å². The second-order valence-corrected chi connectivity index (χ2v) is 6.45. The Morgan fingerprint density at radius 3 is 2.47 bits per heavy atom. The van der Waals surface area contributed by atoms with Gasteiger partial charge in [0.15, 0.2) is 0 Å². The molecule has 0 N–H and O–H groups in total. The molecule has 2 aromatic rings. The van der Waals surface area contributed by atoms with Crippen LogP contribution < -0.4 is 0 Å². The maximum absolute atomic E-state index is 14.1. The van der Waals surface area contributed by atoms with Gasteiger partial charge < -0.3 is 0 Å². The van der Waals surface area contributed by atoms with E-state index in [4.69, 9.17) is 0 Å². The van der Waals surface area contributed by atoms with Crippen LogP contribution in [-0.2, 0) is 0 Å². The Kier molecular flexibility index (Phi) is 3.69. The molecule has 0 amide bonds. The van der Waals surface area contributed by atoms with E-state index in [1.165, 1.54) is 15.3 Å². The largest absolute Gasteiger partial charge is 0.206 e. The van der Waals surface area contributed by atoms with Gasteiger partial charge in [-0.05, 0) is 38.0 Å². The third kappa shape index (κ3) is 2.45. The van der Waals surface area contributed by atoms with Gasteiger partial charge in [-0.2, -0.15) is 0 Å². The van der Waals surface area contributed by atoms with Gasteiger partial charge in [0.2, 0.25) is 0 Å². The summed E-state index contributed by atoms with van der Waals surface area (Å²) in [5, 5.41) is 0. The highest BCUT2D eigenvalue weighted by Gasteiger charge is 2.19. The molecule has 0 spiro atoms. The molecule has 0 bridgehead atoms. The van der Waals surface area contributed by atoms with Crippen LogP contribution in [0.4, 0.5) is 4.39 Å². The highest BCUT2D eigenvalue weighted by atomic mass is 79.9. The second kappa shape index (κ2) is 4.91. The van der Waals surface area contributed by atoms with Crippen molar-refractivity contribution in [3.63, 3.8) is 0 Å². The van der Waals surface area contributed by atoms with Crippen LogP contribution in [0.2, 0.25) is 0 Å². The minimum absolute atomic E-state index is 0.0545. The summed E-state index contributed by atoms with van der Waals surface area (Å²) in [5.74, 6) is -0.111. The van der Waals surface area contributed by atoms with Gasteiger partial charge >= 0.3 is 0 Å². The number of alkyl halides is 1. The number of benzene rings is 1. The third-order valence-corrected chi connectivity index (χ3v) is 5.28. The summed E-state index contributed by atoms with van der Waals surface area (Å²) < 4.78 is 14.1. The number of hydrogen-bond donors (Lipinski definition) is 0. The molecule has 1 aromatic carbocycles. The molecule has 0 nitrogen and oxygen atoms in total. The minimum atomic E-state index is -0.111. The van der Waals surface area contributed by atoms with E-state index in [1.54, 1.807) is 24.3 Å². The van der Waals surface area contributed by atoms with E-state index < -0.39 is 0 Å². The van der Waals surface area contributed by atoms with Gasteiger partial charge in [-0.3, -0.25) is 0 Å². The van der Waals surface area contributed by atoms with E-state index in [2.05, 4.69) is 35.8 Å². The summed E-state index contributed by atoms with van der Waals surface area (Å²) in [6.45, 7) is 5.94. The number of halogens is 2. The van der Waals surface area contributed by atoms with Crippen molar-refractivity contribution in [2.24, 2.45) is 0 Å². The second-order valence-electron chi connectivity index (χ2n) is 4.24. The third-order valence-electron chi connectivity index (χ3n) is 2.80. The van der Waals surface area contributed by atoms with Gasteiger partial charge in [0.05, 0.1) is 4.83 Å². The molecule has 0 aliphatic carbocycles. The van der Waals surface area contributed by atoms with E-state index in [9.17, 15) is 4.39 Å². The summed E-state index contributed by atoms with van der Waals surface area (Å²) in [4.78, 5) is 2.39. The quantitative estimate of drug-likeness (QED) is 0.660. The minimum Gasteiger partial charge on any atom is -0.206 e. The monoisotopic (exact) mass is 312 g/mol. The van der Waals surface area contributed by atoms with Crippen LogP contribution in [0, 0.1) is 26.6 Å². The molecular formula is C14H14BrFS. The van der Waals surface area contributed by atoms with E-state index in [0.29, 0.717) is 5.56 Å². The molecule has 90 valence electrons. The first kappa shape index (κ1) is 12.8. The highest BCUT2D eigenvalue weighted by molar-refractivity contribution is 9.09. The van der Waals surface area contributed by atoms with Crippen molar-refractivity contribution in [1.82, 2.24) is 0 Å². The molecule has 0 aliphatic heterocycles. The lowest BCUT2D eigenvalue weighted by Gasteiger charge is -2.12. The van der Waals surface area contributed by atoms with Crippen LogP contribution in [0.5, 0.6) is 0 Å². The fraction of sp³-hybridized carbons (Fsp3) is 0.286. The maximum Gasteiger partial charge on any atom is 0.130 e. The zero-order valence-corrected chi connectivity index (χ0v) is 12.5. The summed E-state index contributed by atoms with van der Waals surface area (Å²) in [6.07, 6.45) is 0. The first-order valence-corrected chi connectivity index (χ1v) is 7.20. The standard InChI is InChI=1S/C14H14BrFS/c1-8-5-4-6-11(13(8)16)12(15)14-9(2)7-10(3)17-14/h4-7,12H,1-3H3. The van der Waals surface area contributed by atoms with E-state index in [0.717, 1.165) is 5.56 Å². The van der Waals surface area contributed by atoms with Gasteiger partial charge in [0.1, 0.15) is 5.82 Å². The molecule has 0 saturated carbocycles. The highest BCUT2D eigenvalue weighted by Crippen LogP contribution is 2.39. The lowest BCUT2D eigenvalue weighted by Crippen LogP contribution is -1.97. The topological polar surface area (TPSA) is 0 Å². The average molecular weight is 313 g/mol. The van der Waals surface area contributed by atoms with Gasteiger partial charge in [0.25, 0.3) is 0 Å². The van der Waals surface area contributed by atoms with Crippen molar-refractivity contribution in [3.05, 3.63) is 56.5 Å². The van der Waals surface area contributed by atoms with Gasteiger partial charge in [0, 0.05) is 15.3 Å². The Hall–Kier alpha value is -0.670. The Labute approximate surface area is 114 Å².